The molecule has 0 bridgehead atoms. The smallest absolute Gasteiger partial charge is 0.223 e. The largest absolute Gasteiger partial charge is 0.497 e. The molecule has 1 amide bonds. The van der Waals surface area contributed by atoms with Gasteiger partial charge in [-0.2, -0.15) is 0 Å². The average molecular weight is 472 g/mol. The first-order valence-corrected chi connectivity index (χ1v) is 11.5. The van der Waals surface area contributed by atoms with E-state index in [0.29, 0.717) is 26.9 Å². The van der Waals surface area contributed by atoms with Crippen molar-refractivity contribution in [1.29, 1.82) is 0 Å². The van der Waals surface area contributed by atoms with Crippen molar-refractivity contribution in [3.63, 3.8) is 0 Å². The molecular weight excluding hydrogens is 454 g/mol. The Morgan fingerprint density at radius 2 is 2.03 bits per heavy atom. The Balaban J connectivity index is 1.67. The molecule has 0 aliphatic heterocycles. The van der Waals surface area contributed by atoms with E-state index in [2.05, 4.69) is 20.5 Å². The molecular formula is C21H18ClN5O2S2. The molecule has 2 aromatic carbocycles. The summed E-state index contributed by atoms with van der Waals surface area (Å²) in [4.78, 5) is 15.7. The molecule has 4 rings (SSSR count). The number of ether oxygens (including phenoxy) is 1. The first-order valence-electron chi connectivity index (χ1n) is 9.24. The van der Waals surface area contributed by atoms with Gasteiger partial charge in [-0.05, 0) is 36.4 Å². The summed E-state index contributed by atoms with van der Waals surface area (Å²) in [5, 5.41) is 15.5. The highest BCUT2D eigenvalue weighted by Crippen LogP contribution is 2.32. The van der Waals surface area contributed by atoms with Crippen molar-refractivity contribution in [2.45, 2.75) is 17.8 Å². The van der Waals surface area contributed by atoms with Crippen molar-refractivity contribution in [2.24, 2.45) is 0 Å². The molecule has 2 heterocycles. The zero-order valence-electron chi connectivity index (χ0n) is 16.7. The molecule has 31 heavy (non-hydrogen) atoms. The monoisotopic (exact) mass is 471 g/mol. The minimum Gasteiger partial charge on any atom is -0.497 e. The zero-order valence-corrected chi connectivity index (χ0v) is 19.1. The predicted molar refractivity (Wildman–Crippen MR) is 124 cm³/mol. The van der Waals surface area contributed by atoms with Gasteiger partial charge in [-0.25, -0.2) is 4.98 Å². The highest BCUT2D eigenvalue weighted by atomic mass is 35.5. The number of amides is 1. The number of anilines is 1. The van der Waals surface area contributed by atoms with E-state index in [4.69, 9.17) is 16.3 Å². The molecule has 158 valence electrons. The van der Waals surface area contributed by atoms with Crippen LogP contribution in [-0.2, 0) is 10.5 Å². The van der Waals surface area contributed by atoms with Crippen LogP contribution in [0.2, 0.25) is 5.02 Å². The van der Waals surface area contributed by atoms with E-state index in [-0.39, 0.29) is 5.91 Å². The lowest BCUT2D eigenvalue weighted by molar-refractivity contribution is -0.114. The third-order valence-corrected chi connectivity index (χ3v) is 6.25. The number of rotatable bonds is 7. The van der Waals surface area contributed by atoms with Gasteiger partial charge in [0.15, 0.2) is 16.1 Å². The van der Waals surface area contributed by atoms with E-state index in [1.54, 1.807) is 7.11 Å². The molecule has 0 aliphatic carbocycles. The van der Waals surface area contributed by atoms with Gasteiger partial charge in [-0.3, -0.25) is 9.36 Å². The van der Waals surface area contributed by atoms with Crippen LogP contribution in [0.1, 0.15) is 12.6 Å². The molecule has 4 aromatic rings. The fraction of sp³-hybridized carbons (Fsp3) is 0.143. The maximum Gasteiger partial charge on any atom is 0.223 e. The van der Waals surface area contributed by atoms with Crippen molar-refractivity contribution in [3.8, 4) is 22.8 Å². The quantitative estimate of drug-likeness (QED) is 0.368. The zero-order chi connectivity index (χ0) is 21.8. The van der Waals surface area contributed by atoms with Gasteiger partial charge in [0, 0.05) is 34.3 Å². The highest BCUT2D eigenvalue weighted by Gasteiger charge is 2.17. The molecule has 0 saturated heterocycles. The summed E-state index contributed by atoms with van der Waals surface area (Å²) < 4.78 is 7.35. The summed E-state index contributed by atoms with van der Waals surface area (Å²) in [6, 6.07) is 15.2. The molecule has 0 spiro atoms. The number of thioether (sulfide) groups is 1. The molecule has 7 nitrogen and oxygen atoms in total. The van der Waals surface area contributed by atoms with Crippen LogP contribution in [0.15, 0.2) is 59.1 Å². The Labute approximate surface area is 192 Å². The Bertz CT molecular complexity index is 1210. The number of methoxy groups -OCH3 is 1. The van der Waals surface area contributed by atoms with Crippen LogP contribution in [0.3, 0.4) is 0 Å². The van der Waals surface area contributed by atoms with Crippen LogP contribution in [0.5, 0.6) is 5.75 Å². The summed E-state index contributed by atoms with van der Waals surface area (Å²) in [5.41, 5.74) is 2.63. The lowest BCUT2D eigenvalue weighted by atomic mass is 10.2. The van der Waals surface area contributed by atoms with Gasteiger partial charge in [-0.1, -0.05) is 35.5 Å². The SMILES string of the molecule is COc1cccc(-c2nnc(SCc3csc(NC(C)=O)n3)n2-c2ccc(Cl)cc2)c1. The Morgan fingerprint density at radius 3 is 2.77 bits per heavy atom. The van der Waals surface area contributed by atoms with Crippen LogP contribution in [0, 0.1) is 0 Å². The second-order valence-electron chi connectivity index (χ2n) is 6.46. The Kier molecular flexibility index (Phi) is 6.55. The minimum absolute atomic E-state index is 0.140. The molecule has 0 radical (unpaired) electrons. The van der Waals surface area contributed by atoms with E-state index in [1.807, 2.05) is 58.5 Å². The Hall–Kier alpha value is -2.88. The summed E-state index contributed by atoms with van der Waals surface area (Å²) in [6.45, 7) is 1.46. The third kappa shape index (κ3) is 5.07. The molecule has 2 aromatic heterocycles. The number of carbonyl (C=O) groups is 1. The highest BCUT2D eigenvalue weighted by molar-refractivity contribution is 7.98. The van der Waals surface area contributed by atoms with Crippen molar-refractivity contribution in [3.05, 3.63) is 64.6 Å². The van der Waals surface area contributed by atoms with Crippen molar-refractivity contribution < 1.29 is 9.53 Å². The average Bonchev–Trinajstić information content (AvgIpc) is 3.39. The summed E-state index contributed by atoms with van der Waals surface area (Å²) in [7, 11) is 1.63. The number of benzene rings is 2. The first-order chi connectivity index (χ1) is 15.0. The lowest BCUT2D eigenvalue weighted by Gasteiger charge is -2.11. The van der Waals surface area contributed by atoms with E-state index >= 15 is 0 Å². The van der Waals surface area contributed by atoms with Crippen LogP contribution >= 0.6 is 34.7 Å². The van der Waals surface area contributed by atoms with Gasteiger partial charge < -0.3 is 10.1 Å². The molecule has 0 unspecified atom stereocenters. The van der Waals surface area contributed by atoms with Gasteiger partial charge in [0.1, 0.15) is 5.75 Å². The van der Waals surface area contributed by atoms with Crippen LogP contribution in [0.25, 0.3) is 17.1 Å². The molecule has 10 heteroatoms. The summed E-state index contributed by atoms with van der Waals surface area (Å²) >= 11 is 9.00. The van der Waals surface area contributed by atoms with Crippen molar-refractivity contribution in [2.75, 3.05) is 12.4 Å². The molecule has 1 N–H and O–H groups in total. The third-order valence-electron chi connectivity index (χ3n) is 4.23. The molecule has 0 fully saturated rings. The summed E-state index contributed by atoms with van der Waals surface area (Å²) in [5.74, 6) is 1.88. The number of aromatic nitrogens is 4. The molecule has 0 saturated carbocycles. The van der Waals surface area contributed by atoms with Crippen LogP contribution < -0.4 is 10.1 Å². The van der Waals surface area contributed by atoms with Gasteiger partial charge in [-0.15, -0.1) is 21.5 Å². The van der Waals surface area contributed by atoms with Gasteiger partial charge in [0.25, 0.3) is 0 Å². The minimum atomic E-state index is -0.140. The van der Waals surface area contributed by atoms with Gasteiger partial charge in [0.2, 0.25) is 5.91 Å². The molecule has 0 aliphatic rings. The number of halogens is 1. The number of hydrogen-bond acceptors (Lipinski definition) is 7. The normalized spacial score (nSPS) is 10.8. The van der Waals surface area contributed by atoms with Gasteiger partial charge in [0.05, 0.1) is 12.8 Å². The van der Waals surface area contributed by atoms with Crippen LogP contribution in [-0.4, -0.2) is 32.8 Å². The van der Waals surface area contributed by atoms with E-state index in [9.17, 15) is 4.79 Å². The fourth-order valence-electron chi connectivity index (χ4n) is 2.86. The first kappa shape index (κ1) is 21.4. The second kappa shape index (κ2) is 9.51. The van der Waals surface area contributed by atoms with E-state index < -0.39 is 0 Å². The fourth-order valence-corrected chi connectivity index (χ4v) is 4.69. The number of nitrogens with one attached hydrogen (secondary N) is 1. The second-order valence-corrected chi connectivity index (χ2v) is 8.70. The van der Waals surface area contributed by atoms with Crippen molar-refractivity contribution in [1.82, 2.24) is 19.7 Å². The molecule has 0 atom stereocenters. The number of carbonyl (C=O) groups excluding carboxylic acids is 1. The van der Waals surface area contributed by atoms with E-state index in [0.717, 1.165) is 22.7 Å². The number of nitrogens with zero attached hydrogens (tertiary/aromatic N) is 4. The maximum absolute atomic E-state index is 11.2. The predicted octanol–water partition coefficient (Wildman–Crippen LogP) is 5.30. The lowest BCUT2D eigenvalue weighted by Crippen LogP contribution is -2.05. The number of thiazole rings is 1. The van der Waals surface area contributed by atoms with Crippen LogP contribution in [0.4, 0.5) is 5.13 Å². The topological polar surface area (TPSA) is 81.9 Å². The van der Waals surface area contributed by atoms with E-state index in [1.165, 1.54) is 30.0 Å². The standard InChI is InChI=1S/C21H18ClN5O2S2/c1-13(28)23-20-24-16(11-30-20)12-31-21-26-25-19(14-4-3-5-18(10-14)29-2)27(21)17-8-6-15(22)7-9-17/h3-11H,12H2,1-2H3,(H,23,24,28). The Morgan fingerprint density at radius 1 is 1.23 bits per heavy atom. The van der Waals surface area contributed by atoms with Gasteiger partial charge >= 0.3 is 0 Å². The number of hydrogen-bond donors (Lipinski definition) is 1. The van der Waals surface area contributed by atoms with Crippen molar-refractivity contribution >= 4 is 45.7 Å². The maximum atomic E-state index is 11.2. The summed E-state index contributed by atoms with van der Waals surface area (Å²) in [6.07, 6.45) is 0.